The average Bonchev–Trinajstić information content (AvgIpc) is 2.32. The van der Waals surface area contributed by atoms with Crippen LogP contribution in [0.15, 0.2) is 6.20 Å². The lowest BCUT2D eigenvalue weighted by molar-refractivity contribution is 0.0853. The number of hydrogen-bond acceptors (Lipinski definition) is 2. The van der Waals surface area contributed by atoms with Crippen molar-refractivity contribution in [2.75, 3.05) is 0 Å². The van der Waals surface area contributed by atoms with E-state index in [1.165, 1.54) is 0 Å². The maximum Gasteiger partial charge on any atom is 0.185 e. The van der Waals surface area contributed by atoms with Gasteiger partial charge in [0.25, 0.3) is 0 Å². The second-order valence-electron chi connectivity index (χ2n) is 3.67. The number of carbonyl (C=O) groups is 1. The van der Waals surface area contributed by atoms with Gasteiger partial charge in [-0.3, -0.25) is 4.79 Å². The van der Waals surface area contributed by atoms with E-state index in [2.05, 4.69) is 9.97 Å². The molecular formula is C8H11IN2O. The van der Waals surface area contributed by atoms with Gasteiger partial charge in [-0.2, -0.15) is 0 Å². The molecule has 1 aromatic rings. The molecule has 0 fully saturated rings. The van der Waals surface area contributed by atoms with Crippen molar-refractivity contribution in [2.24, 2.45) is 5.41 Å². The fourth-order valence-electron chi connectivity index (χ4n) is 0.816. The number of nitrogens with one attached hydrogen (secondary N) is 1. The summed E-state index contributed by atoms with van der Waals surface area (Å²) >= 11 is 2.04. The SMILES string of the molecule is CC(C)(C)C(=O)c1cnc(I)[nH]1. The van der Waals surface area contributed by atoms with Crippen LogP contribution in [0.2, 0.25) is 0 Å². The van der Waals surface area contributed by atoms with Gasteiger partial charge in [0.1, 0.15) is 5.69 Å². The third-order valence-electron chi connectivity index (χ3n) is 1.47. The first-order valence-corrected chi connectivity index (χ1v) is 4.74. The standard InChI is InChI=1S/C8H11IN2O/c1-8(2,3)6(12)5-4-10-7(9)11-5/h4H,1-3H3,(H,10,11). The van der Waals surface area contributed by atoms with Crippen molar-refractivity contribution < 1.29 is 4.79 Å². The van der Waals surface area contributed by atoms with Gasteiger partial charge >= 0.3 is 0 Å². The van der Waals surface area contributed by atoms with Crippen molar-refractivity contribution >= 4 is 28.4 Å². The normalized spacial score (nSPS) is 11.7. The van der Waals surface area contributed by atoms with Crippen molar-refractivity contribution in [1.82, 2.24) is 9.97 Å². The number of H-pyrrole nitrogens is 1. The quantitative estimate of drug-likeness (QED) is 0.632. The molecule has 0 radical (unpaired) electrons. The molecule has 0 amide bonds. The van der Waals surface area contributed by atoms with E-state index in [1.54, 1.807) is 6.20 Å². The minimum Gasteiger partial charge on any atom is -0.331 e. The molecule has 0 saturated carbocycles. The van der Waals surface area contributed by atoms with Gasteiger partial charge in [0, 0.05) is 5.41 Å². The fraction of sp³-hybridized carbons (Fsp3) is 0.500. The molecule has 0 atom stereocenters. The summed E-state index contributed by atoms with van der Waals surface area (Å²) in [5.74, 6) is 0.0953. The van der Waals surface area contributed by atoms with Crippen LogP contribution in [0.4, 0.5) is 0 Å². The summed E-state index contributed by atoms with van der Waals surface area (Å²) in [5.41, 5.74) is 0.252. The molecule has 66 valence electrons. The van der Waals surface area contributed by atoms with Gasteiger partial charge in [0.05, 0.1) is 6.20 Å². The Balaban J connectivity index is 2.93. The van der Waals surface area contributed by atoms with Crippen LogP contribution < -0.4 is 0 Å². The van der Waals surface area contributed by atoms with Crippen LogP contribution in [-0.2, 0) is 0 Å². The Hall–Kier alpha value is -0.390. The highest BCUT2D eigenvalue weighted by Crippen LogP contribution is 2.19. The van der Waals surface area contributed by atoms with Crippen LogP contribution in [0.25, 0.3) is 0 Å². The zero-order chi connectivity index (χ0) is 9.35. The van der Waals surface area contributed by atoms with Crippen molar-refractivity contribution in [3.8, 4) is 0 Å². The van der Waals surface area contributed by atoms with Crippen LogP contribution in [0.3, 0.4) is 0 Å². The maximum absolute atomic E-state index is 11.6. The number of nitrogens with zero attached hydrogens (tertiary/aromatic N) is 1. The highest BCUT2D eigenvalue weighted by Gasteiger charge is 2.24. The summed E-state index contributed by atoms with van der Waals surface area (Å²) in [7, 11) is 0. The Morgan fingerprint density at radius 1 is 1.58 bits per heavy atom. The average molecular weight is 278 g/mol. The highest BCUT2D eigenvalue weighted by atomic mass is 127. The summed E-state index contributed by atoms with van der Waals surface area (Å²) in [4.78, 5) is 18.5. The second-order valence-corrected chi connectivity index (χ2v) is 4.69. The van der Waals surface area contributed by atoms with Gasteiger partial charge in [-0.05, 0) is 22.6 Å². The summed E-state index contributed by atoms with van der Waals surface area (Å²) in [6.07, 6.45) is 1.58. The third-order valence-corrected chi connectivity index (χ3v) is 2.02. The number of ketones is 1. The van der Waals surface area contributed by atoms with Crippen LogP contribution in [-0.4, -0.2) is 15.8 Å². The van der Waals surface area contributed by atoms with Crippen LogP contribution in [0.5, 0.6) is 0 Å². The van der Waals surface area contributed by atoms with Gasteiger partial charge in [0.15, 0.2) is 9.61 Å². The molecular weight excluding hydrogens is 267 g/mol. The molecule has 1 N–H and O–H groups in total. The Labute approximate surface area is 85.1 Å². The molecule has 0 saturated heterocycles. The van der Waals surface area contributed by atoms with Gasteiger partial charge in [-0.25, -0.2) is 4.98 Å². The van der Waals surface area contributed by atoms with E-state index in [4.69, 9.17) is 0 Å². The van der Waals surface area contributed by atoms with E-state index >= 15 is 0 Å². The predicted molar refractivity (Wildman–Crippen MR) is 55.1 cm³/mol. The number of imidazole rings is 1. The number of carbonyl (C=O) groups excluding carboxylic acids is 1. The van der Waals surface area contributed by atoms with Crippen LogP contribution in [0, 0.1) is 9.25 Å². The Kier molecular flexibility index (Phi) is 2.55. The number of aromatic amines is 1. The Morgan fingerprint density at radius 3 is 2.50 bits per heavy atom. The first-order valence-electron chi connectivity index (χ1n) is 3.66. The number of Topliss-reactive ketones (excluding diaryl/α,β-unsaturated/α-hetero) is 1. The van der Waals surface area contributed by atoms with E-state index in [-0.39, 0.29) is 11.2 Å². The predicted octanol–water partition coefficient (Wildman–Crippen LogP) is 2.24. The zero-order valence-electron chi connectivity index (χ0n) is 7.31. The molecule has 12 heavy (non-hydrogen) atoms. The van der Waals surface area contributed by atoms with E-state index in [1.807, 2.05) is 43.4 Å². The minimum atomic E-state index is -0.338. The molecule has 0 aliphatic carbocycles. The lowest BCUT2D eigenvalue weighted by Crippen LogP contribution is -2.20. The van der Waals surface area contributed by atoms with Crippen molar-refractivity contribution in [3.63, 3.8) is 0 Å². The first-order chi connectivity index (χ1) is 5.41. The minimum absolute atomic E-state index is 0.0953. The molecule has 1 aromatic heterocycles. The topological polar surface area (TPSA) is 45.8 Å². The molecule has 1 heterocycles. The molecule has 1 rings (SSSR count). The first kappa shape index (κ1) is 9.70. The smallest absolute Gasteiger partial charge is 0.185 e. The van der Waals surface area contributed by atoms with E-state index in [0.717, 1.165) is 3.83 Å². The van der Waals surface area contributed by atoms with E-state index < -0.39 is 0 Å². The van der Waals surface area contributed by atoms with E-state index in [0.29, 0.717) is 5.69 Å². The van der Waals surface area contributed by atoms with Gasteiger partial charge in [-0.15, -0.1) is 0 Å². The van der Waals surface area contributed by atoms with Crippen LogP contribution in [0.1, 0.15) is 31.3 Å². The molecule has 3 nitrogen and oxygen atoms in total. The summed E-state index contributed by atoms with van der Waals surface area (Å²) in [5, 5.41) is 0. The molecule has 0 spiro atoms. The molecule has 4 heteroatoms. The fourth-order valence-corrected chi connectivity index (χ4v) is 1.25. The van der Waals surface area contributed by atoms with Gasteiger partial charge in [0.2, 0.25) is 0 Å². The molecule has 0 bridgehead atoms. The zero-order valence-corrected chi connectivity index (χ0v) is 9.47. The summed E-state index contributed by atoms with van der Waals surface area (Å²) in [6, 6.07) is 0. The monoisotopic (exact) mass is 278 g/mol. The van der Waals surface area contributed by atoms with Crippen molar-refractivity contribution in [1.29, 1.82) is 0 Å². The van der Waals surface area contributed by atoms with E-state index in [9.17, 15) is 4.79 Å². The van der Waals surface area contributed by atoms with Gasteiger partial charge in [-0.1, -0.05) is 20.8 Å². The number of rotatable bonds is 1. The Morgan fingerprint density at radius 2 is 2.17 bits per heavy atom. The maximum atomic E-state index is 11.6. The molecule has 0 aliphatic rings. The van der Waals surface area contributed by atoms with Crippen LogP contribution >= 0.6 is 22.6 Å². The lowest BCUT2D eigenvalue weighted by Gasteiger charge is -2.14. The van der Waals surface area contributed by atoms with Crippen molar-refractivity contribution in [2.45, 2.75) is 20.8 Å². The third kappa shape index (κ3) is 2.06. The summed E-state index contributed by atoms with van der Waals surface area (Å²) in [6.45, 7) is 5.68. The second kappa shape index (κ2) is 3.16. The largest absolute Gasteiger partial charge is 0.331 e. The molecule has 0 aromatic carbocycles. The molecule has 0 unspecified atom stereocenters. The summed E-state index contributed by atoms with van der Waals surface area (Å²) < 4.78 is 0.750. The Bertz CT molecular complexity index is 298. The van der Waals surface area contributed by atoms with Gasteiger partial charge < -0.3 is 4.98 Å². The molecule has 0 aliphatic heterocycles. The highest BCUT2D eigenvalue weighted by molar-refractivity contribution is 14.1. The number of halogens is 1. The van der Waals surface area contributed by atoms with Crippen molar-refractivity contribution in [3.05, 3.63) is 15.7 Å². The lowest BCUT2D eigenvalue weighted by atomic mass is 9.89. The number of aromatic nitrogens is 2. The number of hydrogen-bond donors (Lipinski definition) is 1.